The minimum absolute atomic E-state index is 0.0573. The van der Waals surface area contributed by atoms with Crippen molar-refractivity contribution in [3.8, 4) is 0 Å². The van der Waals surface area contributed by atoms with Crippen LogP contribution in [0.25, 0.3) is 6.08 Å². The number of nitrogens with zero attached hydrogens (tertiary/aromatic N) is 1. The van der Waals surface area contributed by atoms with Gasteiger partial charge in [-0.05, 0) is 71.1 Å². The van der Waals surface area contributed by atoms with Gasteiger partial charge in [0.1, 0.15) is 11.4 Å². The van der Waals surface area contributed by atoms with Crippen LogP contribution in [0.15, 0.2) is 60.7 Å². The van der Waals surface area contributed by atoms with Gasteiger partial charge in [0.05, 0.1) is 11.5 Å². The molecule has 214 valence electrons. The number of amidine groups is 1. The molecule has 8 nitrogen and oxygen atoms in total. The molecular formula is C32H42N4O4. The quantitative estimate of drug-likeness (QED) is 0.237. The van der Waals surface area contributed by atoms with Gasteiger partial charge in [-0.25, -0.2) is 0 Å². The van der Waals surface area contributed by atoms with Gasteiger partial charge in [0, 0.05) is 30.6 Å². The minimum atomic E-state index is -0.946. The van der Waals surface area contributed by atoms with Crippen molar-refractivity contribution >= 4 is 29.7 Å². The van der Waals surface area contributed by atoms with Gasteiger partial charge < -0.3 is 20.7 Å². The summed E-state index contributed by atoms with van der Waals surface area (Å²) in [6, 6.07) is 15.6. The largest absolute Gasteiger partial charge is 0.460 e. The predicted molar refractivity (Wildman–Crippen MR) is 158 cm³/mol. The molecule has 0 spiro atoms. The van der Waals surface area contributed by atoms with E-state index in [9.17, 15) is 14.4 Å². The summed E-state index contributed by atoms with van der Waals surface area (Å²) in [5.41, 5.74) is 5.98. The molecule has 8 heteroatoms. The van der Waals surface area contributed by atoms with Crippen molar-refractivity contribution < 1.29 is 19.1 Å². The van der Waals surface area contributed by atoms with E-state index in [1.54, 1.807) is 24.3 Å². The lowest BCUT2D eigenvalue weighted by molar-refractivity contribution is -0.156. The number of benzene rings is 2. The molecule has 4 N–H and O–H groups in total. The maximum atomic E-state index is 13.8. The van der Waals surface area contributed by atoms with Gasteiger partial charge in [0.15, 0.2) is 0 Å². The zero-order valence-electron chi connectivity index (χ0n) is 24.2. The molecule has 1 saturated heterocycles. The lowest BCUT2D eigenvalue weighted by Crippen LogP contribution is -2.54. The van der Waals surface area contributed by atoms with Crippen molar-refractivity contribution in [2.75, 3.05) is 13.1 Å². The van der Waals surface area contributed by atoms with Crippen LogP contribution in [0.5, 0.6) is 0 Å². The number of likely N-dealkylation sites (tertiary alicyclic amines) is 1. The topological polar surface area (TPSA) is 126 Å². The number of amides is 2. The molecule has 0 saturated carbocycles. The van der Waals surface area contributed by atoms with Crippen LogP contribution in [0.4, 0.5) is 0 Å². The Morgan fingerprint density at radius 3 is 2.12 bits per heavy atom. The molecule has 1 aliphatic heterocycles. The summed E-state index contributed by atoms with van der Waals surface area (Å²) in [6.07, 6.45) is 5.57. The predicted octanol–water partition coefficient (Wildman–Crippen LogP) is 4.78. The van der Waals surface area contributed by atoms with Crippen molar-refractivity contribution in [3.63, 3.8) is 0 Å². The highest BCUT2D eigenvalue weighted by molar-refractivity contribution is 5.98. The number of hydrogen-bond donors (Lipinski definition) is 3. The van der Waals surface area contributed by atoms with E-state index in [1.807, 2.05) is 82.0 Å². The second-order valence-electron chi connectivity index (χ2n) is 12.0. The van der Waals surface area contributed by atoms with Gasteiger partial charge in [-0.2, -0.15) is 0 Å². The number of nitrogen functional groups attached to an aromatic ring is 1. The zero-order chi connectivity index (χ0) is 29.5. The molecular weight excluding hydrogens is 504 g/mol. The molecule has 1 aliphatic rings. The number of nitrogens with two attached hydrogens (primary N) is 1. The third kappa shape index (κ3) is 8.53. The smallest absolute Gasteiger partial charge is 0.306 e. The van der Waals surface area contributed by atoms with E-state index in [0.29, 0.717) is 30.6 Å². The Kier molecular flexibility index (Phi) is 9.90. The third-order valence-corrected chi connectivity index (χ3v) is 7.13. The standard InChI is InChI=1S/C32H42N4O4/c1-31(2,3)40-27(37)21-23-17-19-36(20-18-23)30(39)32(4,5)26(16-11-22-9-7-6-8-10-22)35-29(38)25-14-12-24(13-15-25)28(33)34/h6-16,23,26H,17-21H2,1-5H3,(H3,33,34)(H,35,38). The first-order valence-corrected chi connectivity index (χ1v) is 13.8. The Hall–Kier alpha value is -3.94. The van der Waals surface area contributed by atoms with E-state index in [-0.39, 0.29) is 29.5 Å². The van der Waals surface area contributed by atoms with Crippen LogP contribution in [-0.4, -0.2) is 53.3 Å². The molecule has 2 aromatic rings. The molecule has 1 unspecified atom stereocenters. The Morgan fingerprint density at radius 1 is 1.00 bits per heavy atom. The van der Waals surface area contributed by atoms with E-state index < -0.39 is 17.1 Å². The van der Waals surface area contributed by atoms with Crippen LogP contribution in [0.3, 0.4) is 0 Å². The highest BCUT2D eigenvalue weighted by Crippen LogP contribution is 2.30. The van der Waals surface area contributed by atoms with Gasteiger partial charge in [0.2, 0.25) is 5.91 Å². The molecule has 0 aliphatic carbocycles. The van der Waals surface area contributed by atoms with Crippen LogP contribution in [0.2, 0.25) is 0 Å². The van der Waals surface area contributed by atoms with Crippen molar-refractivity contribution in [2.45, 2.75) is 65.5 Å². The number of hydrogen-bond acceptors (Lipinski definition) is 5. The van der Waals surface area contributed by atoms with Crippen LogP contribution in [0, 0.1) is 16.7 Å². The maximum Gasteiger partial charge on any atom is 0.306 e. The lowest BCUT2D eigenvalue weighted by Gasteiger charge is -2.40. The lowest BCUT2D eigenvalue weighted by atomic mass is 9.81. The Balaban J connectivity index is 1.74. The fraction of sp³-hybridized carbons (Fsp3) is 0.438. The summed E-state index contributed by atoms with van der Waals surface area (Å²) in [7, 11) is 0. The van der Waals surface area contributed by atoms with Crippen molar-refractivity contribution in [3.05, 3.63) is 77.4 Å². The molecule has 2 amide bonds. The van der Waals surface area contributed by atoms with E-state index in [4.69, 9.17) is 15.9 Å². The van der Waals surface area contributed by atoms with Crippen LogP contribution < -0.4 is 11.1 Å². The van der Waals surface area contributed by atoms with Gasteiger partial charge in [-0.1, -0.05) is 54.6 Å². The second kappa shape index (κ2) is 12.9. The SMILES string of the molecule is CC(C)(C)OC(=O)CC1CCN(C(=O)C(C)(C)C(C=Cc2ccccc2)NC(=O)c2ccc(C(=N)N)cc2)CC1. The Bertz CT molecular complexity index is 1220. The summed E-state index contributed by atoms with van der Waals surface area (Å²) < 4.78 is 5.47. The highest BCUT2D eigenvalue weighted by atomic mass is 16.6. The average Bonchev–Trinajstić information content (AvgIpc) is 2.90. The van der Waals surface area contributed by atoms with Crippen LogP contribution in [-0.2, 0) is 14.3 Å². The molecule has 2 aromatic carbocycles. The summed E-state index contributed by atoms with van der Waals surface area (Å²) in [5.74, 6) is -0.485. The molecule has 0 bridgehead atoms. The monoisotopic (exact) mass is 546 g/mol. The number of nitrogens with one attached hydrogen (secondary N) is 2. The third-order valence-electron chi connectivity index (χ3n) is 7.13. The van der Waals surface area contributed by atoms with Gasteiger partial charge in [-0.15, -0.1) is 0 Å². The van der Waals surface area contributed by atoms with E-state index in [0.717, 1.165) is 18.4 Å². The fourth-order valence-electron chi connectivity index (χ4n) is 4.77. The highest BCUT2D eigenvalue weighted by Gasteiger charge is 2.40. The summed E-state index contributed by atoms with van der Waals surface area (Å²) in [5, 5.41) is 10.6. The maximum absolute atomic E-state index is 13.8. The van der Waals surface area contributed by atoms with Crippen LogP contribution in [0.1, 0.15) is 75.4 Å². The molecule has 1 fully saturated rings. The van der Waals surface area contributed by atoms with Gasteiger partial charge in [0.25, 0.3) is 5.91 Å². The molecule has 40 heavy (non-hydrogen) atoms. The Morgan fingerprint density at radius 2 is 1.57 bits per heavy atom. The summed E-state index contributed by atoms with van der Waals surface area (Å²) in [6.45, 7) is 10.4. The fourth-order valence-corrected chi connectivity index (χ4v) is 4.77. The number of ether oxygens (including phenoxy) is 1. The first-order chi connectivity index (χ1) is 18.8. The zero-order valence-corrected chi connectivity index (χ0v) is 24.2. The van der Waals surface area contributed by atoms with E-state index in [2.05, 4.69) is 5.32 Å². The molecule has 1 heterocycles. The second-order valence-corrected chi connectivity index (χ2v) is 12.0. The average molecular weight is 547 g/mol. The van der Waals surface area contributed by atoms with Gasteiger partial charge >= 0.3 is 5.97 Å². The molecule has 0 aromatic heterocycles. The number of carbonyl (C=O) groups is 3. The molecule has 1 atom stereocenters. The molecule has 3 rings (SSSR count). The van der Waals surface area contributed by atoms with E-state index in [1.165, 1.54) is 0 Å². The first kappa shape index (κ1) is 30.6. The number of rotatable bonds is 9. The van der Waals surface area contributed by atoms with Crippen molar-refractivity contribution in [1.82, 2.24) is 10.2 Å². The van der Waals surface area contributed by atoms with Crippen molar-refractivity contribution in [2.24, 2.45) is 17.1 Å². The first-order valence-electron chi connectivity index (χ1n) is 13.8. The number of piperidine rings is 1. The van der Waals surface area contributed by atoms with Crippen LogP contribution >= 0.6 is 0 Å². The number of esters is 1. The minimum Gasteiger partial charge on any atom is -0.460 e. The normalized spacial score (nSPS) is 15.5. The summed E-state index contributed by atoms with van der Waals surface area (Å²) in [4.78, 5) is 41.2. The van der Waals surface area contributed by atoms with Gasteiger partial charge in [-0.3, -0.25) is 19.8 Å². The Labute approximate surface area is 237 Å². The van der Waals surface area contributed by atoms with E-state index >= 15 is 0 Å². The number of carbonyl (C=O) groups excluding carboxylic acids is 3. The van der Waals surface area contributed by atoms with Crippen molar-refractivity contribution in [1.29, 1.82) is 5.41 Å². The summed E-state index contributed by atoms with van der Waals surface area (Å²) >= 11 is 0. The molecule has 0 radical (unpaired) electrons.